The molecular formula is C31H36N4O6. The number of piperidine rings is 1. The van der Waals surface area contributed by atoms with Gasteiger partial charge in [-0.2, -0.15) is 0 Å². The smallest absolute Gasteiger partial charge is 0.262 e. The van der Waals surface area contributed by atoms with E-state index < -0.39 is 23.8 Å². The number of fused-ring (bicyclic) bond motifs is 1. The maximum Gasteiger partial charge on any atom is 0.262 e. The number of imide groups is 2. The molecule has 4 amide bonds. The van der Waals surface area contributed by atoms with Gasteiger partial charge in [-0.15, -0.1) is 0 Å². The van der Waals surface area contributed by atoms with E-state index in [2.05, 4.69) is 15.1 Å². The van der Waals surface area contributed by atoms with Crippen molar-refractivity contribution in [1.82, 2.24) is 10.2 Å². The number of anilines is 2. The van der Waals surface area contributed by atoms with Gasteiger partial charge >= 0.3 is 0 Å². The molecule has 41 heavy (non-hydrogen) atoms. The standard InChI is InChI=1S/C31H36N4O6/c1-2-3-28(29(38)32-20-37)35-30(39)26-9-8-24(16-27(26)31(35)40)33-13-10-22(11-14-33)19-41-25-12-15-34(17-25)23-6-4-21(18-36)5-7-23/h4-9,16,18,20,22,25,28H,2-3,10-15,17,19H2,1H3,(H,32,37,38). The predicted octanol–water partition coefficient (Wildman–Crippen LogP) is 3.05. The Morgan fingerprint density at radius 1 is 0.951 bits per heavy atom. The SMILES string of the molecule is CCCC(C(=O)NC=O)N1C(=O)c2ccc(N3CCC(COC4CCN(c5ccc(C=O)cc5)C4)CC3)cc2C1=O. The van der Waals surface area contributed by atoms with E-state index in [1.807, 2.05) is 37.3 Å². The predicted molar refractivity (Wildman–Crippen MR) is 153 cm³/mol. The highest BCUT2D eigenvalue weighted by Crippen LogP contribution is 2.32. The van der Waals surface area contributed by atoms with Crippen molar-refractivity contribution in [1.29, 1.82) is 0 Å². The van der Waals surface area contributed by atoms with E-state index in [4.69, 9.17) is 4.74 Å². The number of amides is 4. The van der Waals surface area contributed by atoms with Crippen molar-refractivity contribution in [3.05, 3.63) is 59.2 Å². The molecular weight excluding hydrogens is 524 g/mol. The lowest BCUT2D eigenvalue weighted by atomic mass is 9.97. The summed E-state index contributed by atoms with van der Waals surface area (Å²) in [6, 6.07) is 11.9. The molecule has 0 radical (unpaired) electrons. The van der Waals surface area contributed by atoms with Crippen molar-refractivity contribution in [2.45, 2.75) is 51.2 Å². The quantitative estimate of drug-likeness (QED) is 0.329. The summed E-state index contributed by atoms with van der Waals surface area (Å²) in [6.45, 7) is 5.97. The van der Waals surface area contributed by atoms with Gasteiger partial charge in [0.1, 0.15) is 12.3 Å². The minimum absolute atomic E-state index is 0.187. The van der Waals surface area contributed by atoms with Crippen LogP contribution in [0.5, 0.6) is 0 Å². The molecule has 0 aromatic heterocycles. The number of nitrogens with one attached hydrogen (secondary N) is 1. The maximum absolute atomic E-state index is 13.3. The third kappa shape index (κ3) is 6.02. The third-order valence-electron chi connectivity index (χ3n) is 8.37. The molecule has 1 N–H and O–H groups in total. The molecule has 216 valence electrons. The van der Waals surface area contributed by atoms with Crippen molar-refractivity contribution in [2.24, 2.45) is 5.92 Å². The van der Waals surface area contributed by atoms with Crippen LogP contribution in [0.3, 0.4) is 0 Å². The second-order valence-electron chi connectivity index (χ2n) is 11.0. The normalized spacial score (nSPS) is 19.8. The van der Waals surface area contributed by atoms with Crippen LogP contribution in [-0.2, 0) is 14.3 Å². The molecule has 2 saturated heterocycles. The van der Waals surface area contributed by atoms with E-state index in [-0.39, 0.29) is 24.5 Å². The van der Waals surface area contributed by atoms with Gasteiger partial charge in [0, 0.05) is 49.7 Å². The maximum atomic E-state index is 13.3. The summed E-state index contributed by atoms with van der Waals surface area (Å²) >= 11 is 0. The Morgan fingerprint density at radius 3 is 2.32 bits per heavy atom. The van der Waals surface area contributed by atoms with Crippen LogP contribution in [0.1, 0.15) is 70.1 Å². The van der Waals surface area contributed by atoms with Crippen LogP contribution in [0.2, 0.25) is 0 Å². The molecule has 10 heteroatoms. The Morgan fingerprint density at radius 2 is 1.63 bits per heavy atom. The lowest BCUT2D eigenvalue weighted by Gasteiger charge is -2.34. The van der Waals surface area contributed by atoms with Crippen LogP contribution in [-0.4, -0.2) is 80.2 Å². The molecule has 2 fully saturated rings. The second kappa shape index (κ2) is 12.6. The number of carbonyl (C=O) groups excluding carboxylic acids is 5. The lowest BCUT2D eigenvalue weighted by Crippen LogP contribution is -2.49. The Bertz CT molecular complexity index is 1300. The first-order valence-corrected chi connectivity index (χ1v) is 14.4. The molecule has 2 atom stereocenters. The average Bonchev–Trinajstić information content (AvgIpc) is 3.57. The van der Waals surface area contributed by atoms with Gasteiger partial charge in [0.15, 0.2) is 0 Å². The van der Waals surface area contributed by atoms with Crippen LogP contribution in [0, 0.1) is 5.92 Å². The first-order valence-electron chi connectivity index (χ1n) is 14.4. The highest BCUT2D eigenvalue weighted by molar-refractivity contribution is 6.23. The zero-order valence-corrected chi connectivity index (χ0v) is 23.3. The topological polar surface area (TPSA) is 116 Å². The monoisotopic (exact) mass is 560 g/mol. The summed E-state index contributed by atoms with van der Waals surface area (Å²) in [5.41, 5.74) is 3.24. The number of rotatable bonds is 11. The van der Waals surface area contributed by atoms with Gasteiger partial charge in [-0.05, 0) is 74.1 Å². The van der Waals surface area contributed by atoms with E-state index in [9.17, 15) is 24.0 Å². The van der Waals surface area contributed by atoms with E-state index in [0.29, 0.717) is 30.1 Å². The average molecular weight is 561 g/mol. The molecule has 3 aliphatic rings. The Kier molecular flexibility index (Phi) is 8.78. The molecule has 0 bridgehead atoms. The Balaban J connectivity index is 1.14. The minimum Gasteiger partial charge on any atom is -0.376 e. The van der Waals surface area contributed by atoms with Crippen molar-refractivity contribution in [3.8, 4) is 0 Å². The second-order valence-corrected chi connectivity index (χ2v) is 11.0. The highest BCUT2D eigenvalue weighted by Gasteiger charge is 2.42. The van der Waals surface area contributed by atoms with E-state index in [1.165, 1.54) is 0 Å². The molecule has 3 aliphatic heterocycles. The van der Waals surface area contributed by atoms with Crippen molar-refractivity contribution >= 4 is 41.8 Å². The lowest BCUT2D eigenvalue weighted by molar-refractivity contribution is -0.128. The van der Waals surface area contributed by atoms with E-state index in [1.54, 1.807) is 12.1 Å². The fourth-order valence-corrected chi connectivity index (χ4v) is 6.02. The fourth-order valence-electron chi connectivity index (χ4n) is 6.02. The molecule has 5 rings (SSSR count). The number of hydrogen-bond acceptors (Lipinski definition) is 8. The van der Waals surface area contributed by atoms with Gasteiger partial charge in [-0.3, -0.25) is 34.2 Å². The number of hydrogen-bond donors (Lipinski definition) is 1. The number of ether oxygens (including phenoxy) is 1. The number of benzene rings is 2. The van der Waals surface area contributed by atoms with Crippen molar-refractivity contribution in [2.75, 3.05) is 42.6 Å². The molecule has 2 unspecified atom stereocenters. The van der Waals surface area contributed by atoms with E-state index >= 15 is 0 Å². The molecule has 2 aromatic carbocycles. The Hall–Kier alpha value is -4.05. The molecule has 10 nitrogen and oxygen atoms in total. The van der Waals surface area contributed by atoms with E-state index in [0.717, 1.165) is 68.0 Å². The van der Waals surface area contributed by atoms with Gasteiger partial charge in [-0.1, -0.05) is 13.3 Å². The summed E-state index contributed by atoms with van der Waals surface area (Å²) in [6.07, 6.45) is 5.07. The summed E-state index contributed by atoms with van der Waals surface area (Å²) in [4.78, 5) is 66.0. The van der Waals surface area contributed by atoms with Gasteiger partial charge < -0.3 is 14.5 Å². The van der Waals surface area contributed by atoms with Crippen molar-refractivity contribution in [3.63, 3.8) is 0 Å². The third-order valence-corrected chi connectivity index (χ3v) is 8.37. The van der Waals surface area contributed by atoms with Crippen LogP contribution in [0.25, 0.3) is 0 Å². The largest absolute Gasteiger partial charge is 0.376 e. The first kappa shape index (κ1) is 28.5. The van der Waals surface area contributed by atoms with Crippen molar-refractivity contribution < 1.29 is 28.7 Å². The number of aldehydes is 1. The summed E-state index contributed by atoms with van der Waals surface area (Å²) < 4.78 is 6.30. The first-order chi connectivity index (χ1) is 19.9. The molecule has 2 aromatic rings. The zero-order valence-electron chi connectivity index (χ0n) is 23.3. The number of nitrogens with zero attached hydrogens (tertiary/aromatic N) is 3. The van der Waals surface area contributed by atoms with Crippen LogP contribution in [0.4, 0.5) is 11.4 Å². The minimum atomic E-state index is -1.02. The summed E-state index contributed by atoms with van der Waals surface area (Å²) in [5.74, 6) is -1.21. The highest BCUT2D eigenvalue weighted by atomic mass is 16.5. The zero-order chi connectivity index (χ0) is 28.9. The summed E-state index contributed by atoms with van der Waals surface area (Å²) in [7, 11) is 0. The molecule has 3 heterocycles. The summed E-state index contributed by atoms with van der Waals surface area (Å²) in [5, 5.41) is 2.09. The molecule has 0 spiro atoms. The fraction of sp³-hybridized carbons (Fsp3) is 0.452. The van der Waals surface area contributed by atoms with Gasteiger partial charge in [0.25, 0.3) is 11.8 Å². The number of carbonyl (C=O) groups is 5. The van der Waals surface area contributed by atoms with Gasteiger partial charge in [0.05, 0.1) is 17.2 Å². The van der Waals surface area contributed by atoms with Gasteiger partial charge in [0.2, 0.25) is 12.3 Å². The van der Waals surface area contributed by atoms with Crippen LogP contribution < -0.4 is 15.1 Å². The van der Waals surface area contributed by atoms with Crippen LogP contribution >= 0.6 is 0 Å². The molecule has 0 aliphatic carbocycles. The molecule has 0 saturated carbocycles. The Labute approximate surface area is 239 Å². The van der Waals surface area contributed by atoms with Gasteiger partial charge in [-0.25, -0.2) is 0 Å². The van der Waals surface area contributed by atoms with Crippen LogP contribution in [0.15, 0.2) is 42.5 Å².